The van der Waals surface area contributed by atoms with E-state index in [-0.39, 0.29) is 12.7 Å². The number of nitrogen functional groups attached to an aromatic ring is 1. The molecular weight excluding hydrogens is 258 g/mol. The lowest BCUT2D eigenvalue weighted by Crippen LogP contribution is -2.48. The highest BCUT2D eigenvalue weighted by Gasteiger charge is 2.25. The maximum absolute atomic E-state index is 12.5. The second-order valence-corrected chi connectivity index (χ2v) is 5.02. The van der Waals surface area contributed by atoms with Crippen LogP contribution in [0, 0.1) is 0 Å². The van der Waals surface area contributed by atoms with Crippen LogP contribution in [0.3, 0.4) is 0 Å². The lowest BCUT2D eigenvalue weighted by atomic mass is 10.1. The SMILES string of the molecule is CCN1CCN(C(=O)c2cc3c(cc2N)OCO3)CC1. The third-order valence-electron chi connectivity index (χ3n) is 3.88. The predicted molar refractivity (Wildman–Crippen MR) is 75.0 cm³/mol. The van der Waals surface area contributed by atoms with Crippen LogP contribution in [-0.2, 0) is 0 Å². The summed E-state index contributed by atoms with van der Waals surface area (Å²) in [5.74, 6) is 1.17. The molecule has 3 rings (SSSR count). The summed E-state index contributed by atoms with van der Waals surface area (Å²) in [4.78, 5) is 16.7. The highest BCUT2D eigenvalue weighted by atomic mass is 16.7. The number of hydrogen-bond acceptors (Lipinski definition) is 5. The average molecular weight is 277 g/mol. The van der Waals surface area contributed by atoms with Crippen molar-refractivity contribution in [1.82, 2.24) is 9.80 Å². The van der Waals surface area contributed by atoms with E-state index >= 15 is 0 Å². The summed E-state index contributed by atoms with van der Waals surface area (Å²) in [6, 6.07) is 3.35. The van der Waals surface area contributed by atoms with Crippen molar-refractivity contribution in [1.29, 1.82) is 0 Å². The fraction of sp³-hybridized carbons (Fsp3) is 0.500. The van der Waals surface area contributed by atoms with Crippen molar-refractivity contribution >= 4 is 11.6 Å². The molecule has 0 bridgehead atoms. The molecular formula is C14H19N3O3. The van der Waals surface area contributed by atoms with E-state index in [1.165, 1.54) is 0 Å². The number of carbonyl (C=O) groups excluding carboxylic acids is 1. The van der Waals surface area contributed by atoms with Gasteiger partial charge in [-0.2, -0.15) is 0 Å². The van der Waals surface area contributed by atoms with Crippen molar-refractivity contribution in [2.45, 2.75) is 6.92 Å². The van der Waals surface area contributed by atoms with E-state index in [2.05, 4.69) is 11.8 Å². The zero-order valence-electron chi connectivity index (χ0n) is 11.6. The summed E-state index contributed by atoms with van der Waals surface area (Å²) in [6.07, 6.45) is 0. The van der Waals surface area contributed by atoms with Gasteiger partial charge in [0.25, 0.3) is 5.91 Å². The molecule has 2 aliphatic rings. The Kier molecular flexibility index (Phi) is 3.40. The number of nitrogens with zero attached hydrogens (tertiary/aromatic N) is 2. The summed E-state index contributed by atoms with van der Waals surface area (Å²) in [6.45, 7) is 6.63. The Hall–Kier alpha value is -1.95. The first-order valence-electron chi connectivity index (χ1n) is 6.89. The third kappa shape index (κ3) is 2.27. The number of rotatable bonds is 2. The second kappa shape index (κ2) is 5.20. The van der Waals surface area contributed by atoms with Gasteiger partial charge in [-0.1, -0.05) is 6.92 Å². The molecule has 2 aliphatic heterocycles. The monoisotopic (exact) mass is 277 g/mol. The number of nitrogens with two attached hydrogens (primary N) is 1. The zero-order valence-corrected chi connectivity index (χ0v) is 11.6. The third-order valence-corrected chi connectivity index (χ3v) is 3.88. The van der Waals surface area contributed by atoms with Gasteiger partial charge < -0.3 is 25.0 Å². The largest absolute Gasteiger partial charge is 0.454 e. The van der Waals surface area contributed by atoms with Crippen LogP contribution in [0.5, 0.6) is 11.5 Å². The van der Waals surface area contributed by atoms with Gasteiger partial charge in [-0.05, 0) is 12.6 Å². The Bertz CT molecular complexity index is 525. The van der Waals surface area contributed by atoms with E-state index < -0.39 is 0 Å². The zero-order chi connectivity index (χ0) is 14.1. The highest BCUT2D eigenvalue weighted by molar-refractivity contribution is 6.00. The van der Waals surface area contributed by atoms with Crippen LogP contribution in [0.1, 0.15) is 17.3 Å². The molecule has 1 amide bonds. The van der Waals surface area contributed by atoms with Gasteiger partial charge in [0, 0.05) is 37.9 Å². The first-order chi connectivity index (χ1) is 9.69. The molecule has 2 N–H and O–H groups in total. The lowest BCUT2D eigenvalue weighted by molar-refractivity contribution is 0.0644. The number of likely N-dealkylation sites (N-methyl/N-ethyl adjacent to an activating group) is 1. The molecule has 20 heavy (non-hydrogen) atoms. The van der Waals surface area contributed by atoms with Crippen molar-refractivity contribution in [2.75, 3.05) is 45.3 Å². The van der Waals surface area contributed by atoms with Gasteiger partial charge in [-0.3, -0.25) is 4.79 Å². The second-order valence-electron chi connectivity index (χ2n) is 5.02. The van der Waals surface area contributed by atoms with E-state index in [1.54, 1.807) is 12.1 Å². The van der Waals surface area contributed by atoms with Crippen molar-refractivity contribution in [3.05, 3.63) is 17.7 Å². The quantitative estimate of drug-likeness (QED) is 0.809. The fourth-order valence-corrected chi connectivity index (χ4v) is 2.58. The first kappa shape index (κ1) is 13.1. The van der Waals surface area contributed by atoms with Crippen molar-refractivity contribution < 1.29 is 14.3 Å². The molecule has 0 aliphatic carbocycles. The van der Waals surface area contributed by atoms with Gasteiger partial charge in [0.1, 0.15) is 0 Å². The van der Waals surface area contributed by atoms with Gasteiger partial charge in [0.05, 0.1) is 5.56 Å². The van der Waals surface area contributed by atoms with Gasteiger partial charge in [0.2, 0.25) is 6.79 Å². The summed E-state index contributed by atoms with van der Waals surface area (Å²) in [5.41, 5.74) is 6.90. The van der Waals surface area contributed by atoms with Crippen LogP contribution in [-0.4, -0.2) is 55.2 Å². The van der Waals surface area contributed by atoms with Crippen LogP contribution >= 0.6 is 0 Å². The molecule has 0 radical (unpaired) electrons. The molecule has 6 nitrogen and oxygen atoms in total. The molecule has 108 valence electrons. The molecule has 1 aromatic carbocycles. The van der Waals surface area contributed by atoms with Gasteiger partial charge in [-0.15, -0.1) is 0 Å². The van der Waals surface area contributed by atoms with Gasteiger partial charge >= 0.3 is 0 Å². The fourth-order valence-electron chi connectivity index (χ4n) is 2.58. The summed E-state index contributed by atoms with van der Waals surface area (Å²) in [7, 11) is 0. The number of ether oxygens (including phenoxy) is 2. The Labute approximate surface area is 118 Å². The predicted octanol–water partition coefficient (Wildman–Crippen LogP) is 0.775. The smallest absolute Gasteiger partial charge is 0.256 e. The normalized spacial score (nSPS) is 18.4. The molecule has 6 heteroatoms. The summed E-state index contributed by atoms with van der Waals surface area (Å²) in [5, 5.41) is 0. The molecule has 2 heterocycles. The molecule has 0 unspecified atom stereocenters. The Balaban J connectivity index is 1.78. The van der Waals surface area contributed by atoms with Gasteiger partial charge in [0.15, 0.2) is 11.5 Å². The number of carbonyl (C=O) groups is 1. The number of anilines is 1. The van der Waals surface area contributed by atoms with E-state index in [0.717, 1.165) is 32.7 Å². The van der Waals surface area contributed by atoms with Crippen LogP contribution in [0.4, 0.5) is 5.69 Å². The minimum Gasteiger partial charge on any atom is -0.454 e. The van der Waals surface area contributed by atoms with E-state index in [0.29, 0.717) is 22.7 Å². The number of piperazine rings is 1. The minimum atomic E-state index is -0.0310. The molecule has 0 spiro atoms. The Morgan fingerprint density at radius 3 is 2.50 bits per heavy atom. The highest BCUT2D eigenvalue weighted by Crippen LogP contribution is 2.36. The number of hydrogen-bond donors (Lipinski definition) is 1. The summed E-state index contributed by atoms with van der Waals surface area (Å²) >= 11 is 0. The topological polar surface area (TPSA) is 68.0 Å². The number of fused-ring (bicyclic) bond motifs is 1. The number of benzene rings is 1. The number of amides is 1. The Morgan fingerprint density at radius 1 is 1.20 bits per heavy atom. The van der Waals surface area contributed by atoms with Crippen LogP contribution < -0.4 is 15.2 Å². The van der Waals surface area contributed by atoms with E-state index in [4.69, 9.17) is 15.2 Å². The maximum atomic E-state index is 12.5. The van der Waals surface area contributed by atoms with E-state index in [1.807, 2.05) is 4.90 Å². The van der Waals surface area contributed by atoms with Crippen LogP contribution in [0.2, 0.25) is 0 Å². The average Bonchev–Trinajstić information content (AvgIpc) is 2.93. The molecule has 1 fully saturated rings. The maximum Gasteiger partial charge on any atom is 0.256 e. The molecule has 0 aromatic heterocycles. The summed E-state index contributed by atoms with van der Waals surface area (Å²) < 4.78 is 10.6. The van der Waals surface area contributed by atoms with Crippen LogP contribution in [0.15, 0.2) is 12.1 Å². The lowest BCUT2D eigenvalue weighted by Gasteiger charge is -2.34. The van der Waals surface area contributed by atoms with Crippen molar-refractivity contribution in [3.8, 4) is 11.5 Å². The van der Waals surface area contributed by atoms with E-state index in [9.17, 15) is 4.79 Å². The molecule has 1 aromatic rings. The molecule has 1 saturated heterocycles. The van der Waals surface area contributed by atoms with Gasteiger partial charge in [-0.25, -0.2) is 0 Å². The standard InChI is InChI=1S/C14H19N3O3/c1-2-16-3-5-17(6-4-16)14(18)10-7-12-13(8-11(10)15)20-9-19-12/h7-8H,2-6,9,15H2,1H3. The van der Waals surface area contributed by atoms with Crippen molar-refractivity contribution in [2.24, 2.45) is 0 Å². The van der Waals surface area contributed by atoms with Crippen LogP contribution in [0.25, 0.3) is 0 Å². The Morgan fingerprint density at radius 2 is 1.85 bits per heavy atom. The molecule has 0 saturated carbocycles. The molecule has 0 atom stereocenters. The first-order valence-corrected chi connectivity index (χ1v) is 6.89. The van der Waals surface area contributed by atoms with Crippen molar-refractivity contribution in [3.63, 3.8) is 0 Å². The minimum absolute atomic E-state index is 0.0310.